The van der Waals surface area contributed by atoms with Crippen molar-refractivity contribution >= 4 is 10.9 Å². The highest BCUT2D eigenvalue weighted by Gasteiger charge is 2.27. The number of rotatable bonds is 6. The number of allylic oxidation sites excluding steroid dienone is 1. The van der Waals surface area contributed by atoms with Gasteiger partial charge in [0.15, 0.2) is 0 Å². The maximum atomic E-state index is 12.1. The van der Waals surface area contributed by atoms with Crippen LogP contribution in [0.25, 0.3) is 10.9 Å². The third-order valence-electron chi connectivity index (χ3n) is 5.87. The number of benzene rings is 1. The molecular formula is C24H35FN4. The van der Waals surface area contributed by atoms with Gasteiger partial charge in [0.05, 0.1) is 12.4 Å². The Morgan fingerprint density at radius 2 is 2.14 bits per heavy atom. The van der Waals surface area contributed by atoms with Gasteiger partial charge in [-0.1, -0.05) is 24.3 Å². The Hall–Kier alpha value is -2.27. The Labute approximate surface area is 174 Å². The van der Waals surface area contributed by atoms with E-state index in [1.165, 1.54) is 41.5 Å². The third kappa shape index (κ3) is 6.10. The van der Waals surface area contributed by atoms with Gasteiger partial charge in [0, 0.05) is 29.7 Å². The van der Waals surface area contributed by atoms with Crippen LogP contribution in [0.4, 0.5) is 4.39 Å². The van der Waals surface area contributed by atoms with Gasteiger partial charge < -0.3 is 20.5 Å². The number of nitrogens with one attached hydrogen (secondary N) is 3. The van der Waals surface area contributed by atoms with E-state index in [0.29, 0.717) is 6.04 Å². The van der Waals surface area contributed by atoms with Gasteiger partial charge in [0.2, 0.25) is 0 Å². The summed E-state index contributed by atoms with van der Waals surface area (Å²) in [5.74, 6) is 1.09. The van der Waals surface area contributed by atoms with Crippen molar-refractivity contribution in [1.82, 2.24) is 20.5 Å². The smallest absolute Gasteiger partial charge is 0.106 e. The minimum atomic E-state index is -0.572. The number of hydrogen-bond acceptors (Lipinski definition) is 3. The first kappa shape index (κ1) is 21.4. The number of hydrogen-bond donors (Lipinski definition) is 3. The van der Waals surface area contributed by atoms with Gasteiger partial charge in [-0.25, -0.2) is 4.39 Å². The number of likely N-dealkylation sites (tertiary alicyclic amines) is 1. The van der Waals surface area contributed by atoms with Crippen molar-refractivity contribution in [1.29, 1.82) is 0 Å². The van der Waals surface area contributed by atoms with Gasteiger partial charge in [-0.3, -0.25) is 0 Å². The van der Waals surface area contributed by atoms with Crippen molar-refractivity contribution in [2.24, 2.45) is 5.92 Å². The predicted octanol–water partition coefficient (Wildman–Crippen LogP) is 4.64. The summed E-state index contributed by atoms with van der Waals surface area (Å²) in [6.07, 6.45) is 5.35. The summed E-state index contributed by atoms with van der Waals surface area (Å²) in [6, 6.07) is 9.19. The molecule has 1 saturated carbocycles. The monoisotopic (exact) mass is 398 g/mol. The van der Waals surface area contributed by atoms with Gasteiger partial charge >= 0.3 is 0 Å². The second kappa shape index (κ2) is 9.97. The summed E-state index contributed by atoms with van der Waals surface area (Å²) < 4.78 is 12.1. The van der Waals surface area contributed by atoms with Gasteiger partial charge in [0.1, 0.15) is 6.17 Å². The summed E-state index contributed by atoms with van der Waals surface area (Å²) in [4.78, 5) is 5.82. The van der Waals surface area contributed by atoms with Gasteiger partial charge in [-0.15, -0.1) is 6.58 Å². The van der Waals surface area contributed by atoms with Crippen molar-refractivity contribution in [2.45, 2.75) is 51.4 Å². The fourth-order valence-electron chi connectivity index (χ4n) is 3.94. The van der Waals surface area contributed by atoms with E-state index in [2.05, 4.69) is 71.9 Å². The molecule has 4 rings (SSSR count). The molecule has 2 aromatic rings. The number of piperidine rings is 1. The van der Waals surface area contributed by atoms with Crippen LogP contribution in [0, 0.1) is 12.8 Å². The van der Waals surface area contributed by atoms with E-state index in [9.17, 15) is 4.39 Å². The number of halogens is 1. The van der Waals surface area contributed by atoms with Crippen LogP contribution in [-0.4, -0.2) is 42.2 Å². The first-order valence-electron chi connectivity index (χ1n) is 10.7. The molecule has 0 amide bonds. The molecule has 1 aromatic heterocycles. The van der Waals surface area contributed by atoms with Crippen molar-refractivity contribution in [3.8, 4) is 0 Å². The number of aryl methyl sites for hydroxylation is 1. The fourth-order valence-corrected chi connectivity index (χ4v) is 3.94. The van der Waals surface area contributed by atoms with Crippen LogP contribution in [0.5, 0.6) is 0 Å². The Morgan fingerprint density at radius 3 is 2.76 bits per heavy atom. The average Bonchev–Trinajstić information content (AvgIpc) is 3.08. The minimum absolute atomic E-state index is 0.181. The van der Waals surface area contributed by atoms with Crippen molar-refractivity contribution in [3.63, 3.8) is 0 Å². The van der Waals surface area contributed by atoms with Crippen LogP contribution in [0.2, 0.25) is 0 Å². The molecule has 5 heteroatoms. The van der Waals surface area contributed by atoms with Crippen molar-refractivity contribution < 1.29 is 4.39 Å². The van der Waals surface area contributed by atoms with Crippen LogP contribution in [0.3, 0.4) is 0 Å². The molecule has 1 saturated heterocycles. The largest absolute Gasteiger partial charge is 0.368 e. The molecule has 29 heavy (non-hydrogen) atoms. The Kier molecular flexibility index (Phi) is 7.37. The fraction of sp³-hybridized carbons (Fsp3) is 0.500. The van der Waals surface area contributed by atoms with E-state index in [0.717, 1.165) is 31.8 Å². The average molecular weight is 399 g/mol. The highest BCUT2D eigenvalue weighted by atomic mass is 19.1. The number of likely N-dealkylation sites (N-methyl/N-ethyl adjacent to an activating group) is 1. The minimum Gasteiger partial charge on any atom is -0.368 e. The van der Waals surface area contributed by atoms with E-state index in [-0.39, 0.29) is 5.92 Å². The lowest BCUT2D eigenvalue weighted by Gasteiger charge is -2.31. The summed E-state index contributed by atoms with van der Waals surface area (Å²) in [7, 11) is 2.18. The summed E-state index contributed by atoms with van der Waals surface area (Å²) >= 11 is 0. The normalized spacial score (nSPS) is 24.2. The van der Waals surface area contributed by atoms with E-state index in [4.69, 9.17) is 0 Å². The molecular weight excluding hydrogens is 363 g/mol. The van der Waals surface area contributed by atoms with E-state index in [1.54, 1.807) is 6.08 Å². The Morgan fingerprint density at radius 1 is 1.31 bits per heavy atom. The maximum absolute atomic E-state index is 12.1. The Balaban J connectivity index is 0.000000290. The van der Waals surface area contributed by atoms with Crippen LogP contribution >= 0.6 is 0 Å². The molecule has 0 spiro atoms. The van der Waals surface area contributed by atoms with Crippen molar-refractivity contribution in [2.75, 3.05) is 20.1 Å². The molecule has 2 fully saturated rings. The number of nitrogens with zero attached hydrogens (tertiary/aromatic N) is 1. The highest BCUT2D eigenvalue weighted by molar-refractivity contribution is 5.81. The van der Waals surface area contributed by atoms with Crippen LogP contribution in [0.1, 0.15) is 36.9 Å². The molecule has 4 nitrogen and oxygen atoms in total. The summed E-state index contributed by atoms with van der Waals surface area (Å²) in [5, 5.41) is 8.15. The maximum Gasteiger partial charge on any atom is 0.106 e. The lowest BCUT2D eigenvalue weighted by atomic mass is 9.84. The van der Waals surface area contributed by atoms with Crippen LogP contribution in [-0.2, 0) is 6.54 Å². The molecule has 1 aliphatic heterocycles. The van der Waals surface area contributed by atoms with E-state index in [1.807, 2.05) is 0 Å². The molecule has 1 aliphatic carbocycles. The number of alkyl halides is 1. The SMILES string of the molecule is C=C(NCc1cc2cc(C)ccc2[nH]1)NC1CCCN(C)C1.C=CC1CCC1F. The second-order valence-electron chi connectivity index (χ2n) is 8.46. The zero-order chi connectivity index (χ0) is 20.8. The quantitative estimate of drug-likeness (QED) is 0.621. The zero-order valence-electron chi connectivity index (χ0n) is 17.8. The molecule has 2 heterocycles. The van der Waals surface area contributed by atoms with E-state index < -0.39 is 6.17 Å². The lowest BCUT2D eigenvalue weighted by Crippen LogP contribution is -2.45. The molecule has 1 aromatic carbocycles. The molecule has 3 unspecified atom stereocenters. The lowest BCUT2D eigenvalue weighted by molar-refractivity contribution is 0.149. The van der Waals surface area contributed by atoms with Crippen LogP contribution < -0.4 is 10.6 Å². The molecule has 0 radical (unpaired) electrons. The number of fused-ring (bicyclic) bond motifs is 1. The number of aromatic nitrogens is 1. The first-order chi connectivity index (χ1) is 13.9. The van der Waals surface area contributed by atoms with Gasteiger partial charge in [-0.05, 0) is 69.8 Å². The highest BCUT2D eigenvalue weighted by Crippen LogP contribution is 2.30. The van der Waals surface area contributed by atoms with Gasteiger partial charge in [-0.2, -0.15) is 0 Å². The topological polar surface area (TPSA) is 43.1 Å². The second-order valence-corrected chi connectivity index (χ2v) is 8.46. The first-order valence-corrected chi connectivity index (χ1v) is 10.7. The third-order valence-corrected chi connectivity index (χ3v) is 5.87. The number of H-pyrrole nitrogens is 1. The number of aromatic amines is 1. The van der Waals surface area contributed by atoms with E-state index >= 15 is 0 Å². The van der Waals surface area contributed by atoms with Crippen molar-refractivity contribution in [3.05, 3.63) is 60.6 Å². The van der Waals surface area contributed by atoms with Crippen LogP contribution in [0.15, 0.2) is 49.3 Å². The van der Waals surface area contributed by atoms with Gasteiger partial charge in [0.25, 0.3) is 0 Å². The standard InChI is InChI=1S/C18H26N4.C6H9F/c1-13-6-7-18-15(9-13)10-17(21-18)11-19-14(2)20-16-5-4-8-22(3)12-16;1-2-5-3-4-6(5)7/h6-7,9-10,16,19-21H,2,4-5,8,11-12H2,1,3H3;2,5-6H,1,3-4H2. The molecule has 2 aliphatic rings. The molecule has 3 N–H and O–H groups in total. The molecule has 158 valence electrons. The predicted molar refractivity (Wildman–Crippen MR) is 120 cm³/mol. The zero-order valence-corrected chi connectivity index (χ0v) is 17.8. The summed E-state index contributed by atoms with van der Waals surface area (Å²) in [5.41, 5.74) is 3.66. The Bertz CT molecular complexity index is 827. The summed E-state index contributed by atoms with van der Waals surface area (Å²) in [6.45, 7) is 12.8. The molecule has 0 bridgehead atoms. The molecule has 3 atom stereocenters.